The van der Waals surface area contributed by atoms with E-state index in [1.807, 2.05) is 42.5 Å². The van der Waals surface area contributed by atoms with E-state index in [-0.39, 0.29) is 11.9 Å². The Bertz CT molecular complexity index is 1500. The summed E-state index contributed by atoms with van der Waals surface area (Å²) in [6, 6.07) is 22.5. The van der Waals surface area contributed by atoms with E-state index in [1.165, 1.54) is 0 Å². The molecule has 0 aliphatic carbocycles. The van der Waals surface area contributed by atoms with Crippen molar-refractivity contribution in [3.8, 4) is 17.1 Å². The molecule has 0 saturated carbocycles. The summed E-state index contributed by atoms with van der Waals surface area (Å²) in [4.78, 5) is 13.4. The van der Waals surface area contributed by atoms with E-state index in [0.29, 0.717) is 30.2 Å². The second kappa shape index (κ2) is 9.87. The molecule has 3 aromatic heterocycles. The first-order chi connectivity index (χ1) is 17.7. The van der Waals surface area contributed by atoms with E-state index < -0.39 is 0 Å². The topological polar surface area (TPSA) is 62.1 Å². The maximum atomic E-state index is 15.3. The van der Waals surface area contributed by atoms with Gasteiger partial charge in [0.1, 0.15) is 18.2 Å². The minimum atomic E-state index is -0.323. The van der Waals surface area contributed by atoms with Gasteiger partial charge in [-0.05, 0) is 60.0 Å². The first kappa shape index (κ1) is 22.4. The Labute approximate surface area is 208 Å². The molecule has 0 amide bonds. The van der Waals surface area contributed by atoms with E-state index in [1.54, 1.807) is 36.7 Å². The average molecular weight is 481 g/mol. The summed E-state index contributed by atoms with van der Waals surface area (Å²) in [5.74, 6) is 1.03. The Kier molecular flexibility index (Phi) is 6.13. The molecule has 5 aromatic rings. The fourth-order valence-corrected chi connectivity index (χ4v) is 4.44. The summed E-state index contributed by atoms with van der Waals surface area (Å²) in [6.07, 6.45) is 5.22. The molecule has 0 unspecified atom stereocenters. The zero-order valence-electron chi connectivity index (χ0n) is 19.7. The molecule has 0 radical (unpaired) electrons. The molecular weight excluding hydrogens is 455 g/mol. The summed E-state index contributed by atoms with van der Waals surface area (Å²) in [5.41, 5.74) is 4.82. The Balaban J connectivity index is 1.22. The van der Waals surface area contributed by atoms with Crippen LogP contribution in [-0.4, -0.2) is 32.2 Å². The van der Waals surface area contributed by atoms with Crippen molar-refractivity contribution in [2.75, 3.05) is 6.61 Å². The third-order valence-corrected chi connectivity index (χ3v) is 6.44. The molecule has 36 heavy (non-hydrogen) atoms. The third kappa shape index (κ3) is 4.70. The summed E-state index contributed by atoms with van der Waals surface area (Å²) in [5, 5.41) is 0. The van der Waals surface area contributed by atoms with Gasteiger partial charge in [-0.15, -0.1) is 0 Å². The number of hydrogen-bond acceptors (Lipinski definition) is 5. The van der Waals surface area contributed by atoms with Crippen molar-refractivity contribution < 1.29 is 13.9 Å². The molecule has 1 fully saturated rings. The SMILES string of the molecule is Fc1cc(Cc2nc3ccccc3n2C[C@@H]2CCO2)ccc1-c1cccc(OCc2ccncc2)n1. The van der Waals surface area contributed by atoms with Gasteiger partial charge in [0, 0.05) is 37.1 Å². The van der Waals surface area contributed by atoms with Crippen LogP contribution >= 0.6 is 0 Å². The Hall–Kier alpha value is -4.10. The van der Waals surface area contributed by atoms with Gasteiger partial charge in [-0.3, -0.25) is 4.98 Å². The summed E-state index contributed by atoms with van der Waals surface area (Å²) < 4.78 is 28.9. The highest BCUT2D eigenvalue weighted by Gasteiger charge is 2.22. The van der Waals surface area contributed by atoms with Gasteiger partial charge < -0.3 is 14.0 Å². The lowest BCUT2D eigenvalue weighted by atomic mass is 10.1. The van der Waals surface area contributed by atoms with Crippen molar-refractivity contribution in [2.24, 2.45) is 0 Å². The molecule has 0 bridgehead atoms. The van der Waals surface area contributed by atoms with Crippen LogP contribution in [0, 0.1) is 5.82 Å². The molecule has 1 aliphatic heterocycles. The van der Waals surface area contributed by atoms with Crippen molar-refractivity contribution in [1.29, 1.82) is 0 Å². The number of para-hydroxylation sites is 2. The summed E-state index contributed by atoms with van der Waals surface area (Å²) in [6.45, 7) is 1.93. The molecule has 1 saturated heterocycles. The predicted molar refractivity (Wildman–Crippen MR) is 135 cm³/mol. The molecule has 2 aromatic carbocycles. The highest BCUT2D eigenvalue weighted by atomic mass is 19.1. The number of imidazole rings is 1. The maximum absolute atomic E-state index is 15.3. The van der Waals surface area contributed by atoms with E-state index in [9.17, 15) is 0 Å². The maximum Gasteiger partial charge on any atom is 0.214 e. The Morgan fingerprint density at radius 1 is 0.944 bits per heavy atom. The van der Waals surface area contributed by atoms with Crippen LogP contribution < -0.4 is 4.74 Å². The number of aromatic nitrogens is 4. The lowest BCUT2D eigenvalue weighted by molar-refractivity contribution is -0.0589. The zero-order valence-corrected chi connectivity index (χ0v) is 19.7. The highest BCUT2D eigenvalue weighted by molar-refractivity contribution is 5.76. The molecule has 1 aliphatic rings. The van der Waals surface area contributed by atoms with E-state index in [4.69, 9.17) is 14.5 Å². The van der Waals surface area contributed by atoms with Crippen molar-refractivity contribution in [1.82, 2.24) is 19.5 Å². The number of hydrogen-bond donors (Lipinski definition) is 0. The lowest BCUT2D eigenvalue weighted by Crippen LogP contribution is -2.31. The van der Waals surface area contributed by atoms with E-state index in [2.05, 4.69) is 20.6 Å². The molecule has 6 rings (SSSR count). The van der Waals surface area contributed by atoms with Crippen LogP contribution in [0.5, 0.6) is 5.88 Å². The summed E-state index contributed by atoms with van der Waals surface area (Å²) in [7, 11) is 0. The minimum absolute atomic E-state index is 0.208. The highest BCUT2D eigenvalue weighted by Crippen LogP contribution is 2.27. The smallest absolute Gasteiger partial charge is 0.214 e. The van der Waals surface area contributed by atoms with Crippen molar-refractivity contribution in [3.05, 3.63) is 108 Å². The summed E-state index contributed by atoms with van der Waals surface area (Å²) >= 11 is 0. The van der Waals surface area contributed by atoms with Crippen LogP contribution in [0.3, 0.4) is 0 Å². The number of nitrogens with zero attached hydrogens (tertiary/aromatic N) is 4. The van der Waals surface area contributed by atoms with Gasteiger partial charge >= 0.3 is 0 Å². The second-order valence-electron chi connectivity index (χ2n) is 8.91. The van der Waals surface area contributed by atoms with Gasteiger partial charge in [-0.25, -0.2) is 14.4 Å². The zero-order chi connectivity index (χ0) is 24.3. The van der Waals surface area contributed by atoms with Crippen LogP contribution in [0.25, 0.3) is 22.3 Å². The number of halogens is 1. The largest absolute Gasteiger partial charge is 0.473 e. The van der Waals surface area contributed by atoms with Gasteiger partial charge in [0.05, 0.1) is 29.4 Å². The lowest BCUT2D eigenvalue weighted by Gasteiger charge is -2.27. The second-order valence-corrected chi connectivity index (χ2v) is 8.91. The molecule has 6 nitrogen and oxygen atoms in total. The Morgan fingerprint density at radius 2 is 1.81 bits per heavy atom. The monoisotopic (exact) mass is 480 g/mol. The molecule has 1 atom stereocenters. The van der Waals surface area contributed by atoms with Crippen LogP contribution in [0.1, 0.15) is 23.4 Å². The standard InChI is InChI=1S/C29H25FN4O2/c30-24-16-21(17-28-32-26-4-1-2-6-27(26)34(28)18-22-12-15-35-22)8-9-23(24)25-5-3-7-29(33-25)36-19-20-10-13-31-14-11-20/h1-11,13-14,16,22H,12,15,17-19H2/t22-/m0/s1. The number of rotatable bonds is 8. The molecule has 7 heteroatoms. The quantitative estimate of drug-likeness (QED) is 0.290. The van der Waals surface area contributed by atoms with Crippen molar-refractivity contribution in [2.45, 2.75) is 32.1 Å². The number of fused-ring (bicyclic) bond motifs is 1. The molecule has 4 heterocycles. The fourth-order valence-electron chi connectivity index (χ4n) is 4.44. The van der Waals surface area contributed by atoms with Crippen LogP contribution in [0.4, 0.5) is 4.39 Å². The number of benzene rings is 2. The van der Waals surface area contributed by atoms with E-state index in [0.717, 1.165) is 47.6 Å². The van der Waals surface area contributed by atoms with Gasteiger partial charge in [0.15, 0.2) is 0 Å². The first-order valence-electron chi connectivity index (χ1n) is 12.1. The molecule has 180 valence electrons. The molecule has 0 N–H and O–H groups in total. The van der Waals surface area contributed by atoms with Gasteiger partial charge in [0.2, 0.25) is 5.88 Å². The van der Waals surface area contributed by atoms with Gasteiger partial charge in [-0.2, -0.15) is 0 Å². The van der Waals surface area contributed by atoms with Crippen LogP contribution in [0.2, 0.25) is 0 Å². The fraction of sp³-hybridized carbons (Fsp3) is 0.207. The first-order valence-corrected chi connectivity index (χ1v) is 12.1. The minimum Gasteiger partial charge on any atom is -0.473 e. The molecular formula is C29H25FN4O2. The van der Waals surface area contributed by atoms with E-state index >= 15 is 4.39 Å². The normalized spacial score (nSPS) is 15.1. The average Bonchev–Trinajstić information content (AvgIpc) is 3.22. The third-order valence-electron chi connectivity index (χ3n) is 6.44. The predicted octanol–water partition coefficient (Wildman–Crippen LogP) is 5.59. The van der Waals surface area contributed by atoms with Crippen LogP contribution in [0.15, 0.2) is 85.2 Å². The van der Waals surface area contributed by atoms with Gasteiger partial charge in [0.25, 0.3) is 0 Å². The van der Waals surface area contributed by atoms with Crippen molar-refractivity contribution >= 4 is 11.0 Å². The molecule has 0 spiro atoms. The van der Waals surface area contributed by atoms with Crippen LogP contribution in [-0.2, 0) is 24.3 Å². The van der Waals surface area contributed by atoms with Gasteiger partial charge in [-0.1, -0.05) is 24.3 Å². The van der Waals surface area contributed by atoms with Crippen molar-refractivity contribution in [3.63, 3.8) is 0 Å². The number of ether oxygens (including phenoxy) is 2. The Morgan fingerprint density at radius 3 is 2.61 bits per heavy atom. The number of pyridine rings is 2.